The number of halogens is 3. The Balaban J connectivity index is 1.69. The van der Waals surface area contributed by atoms with Crippen LogP contribution in [0.5, 0.6) is 11.5 Å². The van der Waals surface area contributed by atoms with E-state index in [1.54, 1.807) is 6.07 Å². The Morgan fingerprint density at radius 1 is 1.11 bits per heavy atom. The van der Waals surface area contributed by atoms with Crippen molar-refractivity contribution in [3.05, 3.63) is 23.3 Å². The van der Waals surface area contributed by atoms with Gasteiger partial charge in [0.05, 0.1) is 7.11 Å². The number of aryl methyl sites for hydroxylation is 1. The predicted octanol–water partition coefficient (Wildman–Crippen LogP) is 5.17. The fraction of sp³-hybridized carbons (Fsp3) is 0.700. The van der Waals surface area contributed by atoms with Gasteiger partial charge < -0.3 is 8.92 Å². The van der Waals surface area contributed by atoms with Gasteiger partial charge in [-0.05, 0) is 85.0 Å². The summed E-state index contributed by atoms with van der Waals surface area (Å²) in [6.07, 6.45) is 7.69. The molecule has 28 heavy (non-hydrogen) atoms. The largest absolute Gasteiger partial charge is 0.534 e. The second-order valence-electron chi connectivity index (χ2n) is 8.69. The average molecular weight is 418 g/mol. The molecule has 0 saturated heterocycles. The van der Waals surface area contributed by atoms with E-state index < -0.39 is 21.4 Å². The number of ether oxygens (including phenoxy) is 1. The Morgan fingerprint density at radius 2 is 1.86 bits per heavy atom. The molecule has 1 aromatic carbocycles. The first-order valence-electron chi connectivity index (χ1n) is 9.77. The molecule has 0 aromatic heterocycles. The van der Waals surface area contributed by atoms with E-state index in [1.807, 2.05) is 0 Å². The zero-order valence-corrected chi connectivity index (χ0v) is 16.8. The first kappa shape index (κ1) is 19.9. The van der Waals surface area contributed by atoms with E-state index in [1.165, 1.54) is 32.4 Å². The molecular weight excluding hydrogens is 393 g/mol. The molecule has 0 N–H and O–H groups in total. The maximum Gasteiger partial charge on any atom is 0.534 e. The van der Waals surface area contributed by atoms with E-state index in [4.69, 9.17) is 4.74 Å². The van der Waals surface area contributed by atoms with Crippen LogP contribution in [0.4, 0.5) is 13.2 Å². The molecule has 0 radical (unpaired) electrons. The molecule has 0 aliphatic heterocycles. The zero-order valence-electron chi connectivity index (χ0n) is 16.0. The van der Waals surface area contributed by atoms with Gasteiger partial charge in [0.2, 0.25) is 0 Å². The predicted molar refractivity (Wildman–Crippen MR) is 97.8 cm³/mol. The van der Waals surface area contributed by atoms with Gasteiger partial charge in [-0.15, -0.1) is 0 Å². The standard InChI is InChI=1S/C20H25F3O4S/c1-19-8-3-4-16(19)14-6-5-12-10-18(27-28(24,25)20(21,22)23)17(26-2)11-15(12)13(14)7-9-19/h10-11,13-14,16H,3-9H2,1-2H3/t13?,14?,16?,19-/m0/s1. The number of rotatable bonds is 3. The Morgan fingerprint density at radius 3 is 2.54 bits per heavy atom. The maximum absolute atomic E-state index is 12.7. The summed E-state index contributed by atoms with van der Waals surface area (Å²) in [6, 6.07) is 3.13. The van der Waals surface area contributed by atoms with Gasteiger partial charge >= 0.3 is 15.6 Å². The lowest BCUT2D eigenvalue weighted by Gasteiger charge is -2.49. The molecule has 0 heterocycles. The van der Waals surface area contributed by atoms with Crippen LogP contribution in [0.1, 0.15) is 62.5 Å². The number of hydrogen-bond acceptors (Lipinski definition) is 4. The van der Waals surface area contributed by atoms with Crippen molar-refractivity contribution in [2.75, 3.05) is 7.11 Å². The highest BCUT2D eigenvalue weighted by Crippen LogP contribution is 2.61. The van der Waals surface area contributed by atoms with Gasteiger partial charge in [0, 0.05) is 0 Å². The minimum atomic E-state index is -5.73. The van der Waals surface area contributed by atoms with Crippen molar-refractivity contribution in [2.24, 2.45) is 17.3 Å². The van der Waals surface area contributed by atoms with Crippen molar-refractivity contribution >= 4 is 10.1 Å². The third-order valence-electron chi connectivity index (χ3n) is 7.27. The molecule has 4 rings (SSSR count). The first-order valence-corrected chi connectivity index (χ1v) is 11.2. The van der Waals surface area contributed by atoms with Crippen LogP contribution >= 0.6 is 0 Å². The van der Waals surface area contributed by atoms with Gasteiger partial charge in [0.15, 0.2) is 11.5 Å². The topological polar surface area (TPSA) is 52.6 Å². The van der Waals surface area contributed by atoms with Gasteiger partial charge in [-0.1, -0.05) is 13.3 Å². The molecule has 2 fully saturated rings. The van der Waals surface area contributed by atoms with Gasteiger partial charge in [0.1, 0.15) is 0 Å². The Bertz CT molecular complexity index is 880. The van der Waals surface area contributed by atoms with Crippen LogP contribution in [0, 0.1) is 17.3 Å². The second-order valence-corrected chi connectivity index (χ2v) is 10.2. The molecule has 4 nitrogen and oxygen atoms in total. The SMILES string of the molecule is COc1cc2c(cc1OS(=O)(=O)C(F)(F)F)CCC1C2CC[C@]2(C)CCCC12. The number of benzene rings is 1. The normalized spacial score (nSPS) is 32.2. The summed E-state index contributed by atoms with van der Waals surface area (Å²) in [6.45, 7) is 2.40. The van der Waals surface area contributed by atoms with Crippen LogP contribution in [0.25, 0.3) is 0 Å². The van der Waals surface area contributed by atoms with Crippen LogP contribution < -0.4 is 8.92 Å². The summed E-state index contributed by atoms with van der Waals surface area (Å²) in [4.78, 5) is 0. The monoisotopic (exact) mass is 418 g/mol. The zero-order chi connectivity index (χ0) is 20.3. The Hall–Kier alpha value is -1.44. The van der Waals surface area contributed by atoms with Crippen LogP contribution in [-0.4, -0.2) is 21.0 Å². The van der Waals surface area contributed by atoms with Crippen LogP contribution in [0.3, 0.4) is 0 Å². The summed E-state index contributed by atoms with van der Waals surface area (Å²) >= 11 is 0. The summed E-state index contributed by atoms with van der Waals surface area (Å²) < 4.78 is 70.6. The minimum Gasteiger partial charge on any atom is -0.493 e. The van der Waals surface area contributed by atoms with Gasteiger partial charge in [0.25, 0.3) is 0 Å². The highest BCUT2D eigenvalue weighted by Gasteiger charge is 2.51. The van der Waals surface area contributed by atoms with Crippen molar-refractivity contribution < 1.29 is 30.5 Å². The van der Waals surface area contributed by atoms with Gasteiger partial charge in [-0.3, -0.25) is 0 Å². The molecular formula is C20H25F3O4S. The van der Waals surface area contributed by atoms with Gasteiger partial charge in [-0.2, -0.15) is 21.6 Å². The molecule has 3 aliphatic rings. The van der Waals surface area contributed by atoms with Crippen molar-refractivity contribution in [2.45, 2.75) is 63.3 Å². The van der Waals surface area contributed by atoms with Crippen molar-refractivity contribution in [1.82, 2.24) is 0 Å². The van der Waals surface area contributed by atoms with Crippen LogP contribution in [0.2, 0.25) is 0 Å². The third kappa shape index (κ3) is 3.08. The lowest BCUT2D eigenvalue weighted by atomic mass is 9.56. The summed E-state index contributed by atoms with van der Waals surface area (Å²) in [5.41, 5.74) is -3.11. The summed E-state index contributed by atoms with van der Waals surface area (Å²) in [5, 5.41) is 0. The fourth-order valence-electron chi connectivity index (χ4n) is 5.96. The molecule has 3 unspecified atom stereocenters. The molecule has 4 atom stereocenters. The van der Waals surface area contributed by atoms with E-state index in [0.717, 1.165) is 36.8 Å². The fourth-order valence-corrected chi connectivity index (χ4v) is 6.42. The first-order chi connectivity index (χ1) is 13.1. The number of alkyl halides is 3. The highest BCUT2D eigenvalue weighted by atomic mass is 32.2. The molecule has 0 bridgehead atoms. The van der Waals surface area contributed by atoms with Crippen LogP contribution in [-0.2, 0) is 16.5 Å². The summed E-state index contributed by atoms with van der Waals surface area (Å²) in [7, 11) is -4.42. The lowest BCUT2D eigenvalue weighted by Crippen LogP contribution is -2.39. The molecule has 8 heteroatoms. The molecule has 0 spiro atoms. The molecule has 2 saturated carbocycles. The quantitative estimate of drug-likeness (QED) is 0.502. The van der Waals surface area contributed by atoms with Crippen molar-refractivity contribution in [1.29, 1.82) is 0 Å². The molecule has 156 valence electrons. The summed E-state index contributed by atoms with van der Waals surface area (Å²) in [5.74, 6) is 1.25. The number of fused-ring (bicyclic) bond motifs is 5. The molecule has 0 amide bonds. The van der Waals surface area contributed by atoms with E-state index in [9.17, 15) is 21.6 Å². The van der Waals surface area contributed by atoms with Gasteiger partial charge in [-0.25, -0.2) is 0 Å². The van der Waals surface area contributed by atoms with E-state index in [-0.39, 0.29) is 5.75 Å². The van der Waals surface area contributed by atoms with E-state index in [0.29, 0.717) is 23.2 Å². The lowest BCUT2D eigenvalue weighted by molar-refractivity contribution is -0.0500. The average Bonchev–Trinajstić information content (AvgIpc) is 3.01. The van der Waals surface area contributed by atoms with E-state index >= 15 is 0 Å². The molecule has 3 aliphatic carbocycles. The maximum atomic E-state index is 12.7. The van der Waals surface area contributed by atoms with Crippen molar-refractivity contribution in [3.63, 3.8) is 0 Å². The van der Waals surface area contributed by atoms with Crippen LogP contribution in [0.15, 0.2) is 12.1 Å². The van der Waals surface area contributed by atoms with Crippen molar-refractivity contribution in [3.8, 4) is 11.5 Å². The highest BCUT2D eigenvalue weighted by molar-refractivity contribution is 7.88. The third-order valence-corrected chi connectivity index (χ3v) is 8.24. The molecule has 1 aromatic rings. The Labute approximate surface area is 163 Å². The van der Waals surface area contributed by atoms with E-state index in [2.05, 4.69) is 11.1 Å². The minimum absolute atomic E-state index is 0.0342. The smallest absolute Gasteiger partial charge is 0.493 e. The second kappa shape index (κ2) is 6.54. The number of methoxy groups -OCH3 is 1. The number of hydrogen-bond donors (Lipinski definition) is 0. The Kier molecular flexibility index (Phi) is 4.64.